The molecule has 3 rings (SSSR count). The Kier molecular flexibility index (Phi) is 1.63. The molecule has 0 spiro atoms. The first-order chi connectivity index (χ1) is 5.46. The highest BCUT2D eigenvalue weighted by atomic mass is 14.6. The minimum atomic E-state index is 0.678. The van der Waals surface area contributed by atoms with Crippen molar-refractivity contribution in [3.8, 4) is 0 Å². The van der Waals surface area contributed by atoms with E-state index in [1.807, 2.05) is 0 Å². The van der Waals surface area contributed by atoms with Crippen LogP contribution in [0.5, 0.6) is 0 Å². The van der Waals surface area contributed by atoms with Crippen LogP contribution in [0.4, 0.5) is 0 Å². The zero-order chi connectivity index (χ0) is 8.98. The van der Waals surface area contributed by atoms with E-state index in [1.165, 1.54) is 25.7 Å². The number of hydrogen-bond donors (Lipinski definition) is 0. The standard InChI is InChI=1S/C12H22/c1-9(2)12(4)6-5-11(3)7-10(12)8-11/h9-10H,5-8H2,1-4H3. The lowest BCUT2D eigenvalue weighted by Crippen LogP contribution is -2.51. The highest BCUT2D eigenvalue weighted by molar-refractivity contribution is 5.04. The molecule has 3 saturated carbocycles. The van der Waals surface area contributed by atoms with Gasteiger partial charge in [-0.2, -0.15) is 0 Å². The molecule has 0 radical (unpaired) electrons. The topological polar surface area (TPSA) is 0 Å². The molecule has 0 heterocycles. The molecule has 0 N–H and O–H groups in total. The summed E-state index contributed by atoms with van der Waals surface area (Å²) in [6.45, 7) is 9.80. The van der Waals surface area contributed by atoms with E-state index in [0.29, 0.717) is 5.41 Å². The highest BCUT2D eigenvalue weighted by Gasteiger charge is 2.54. The van der Waals surface area contributed by atoms with Crippen LogP contribution in [0.2, 0.25) is 0 Å². The van der Waals surface area contributed by atoms with Crippen molar-refractivity contribution in [2.24, 2.45) is 22.7 Å². The lowest BCUT2D eigenvalue weighted by molar-refractivity contribution is -0.109. The molecule has 1 unspecified atom stereocenters. The zero-order valence-electron chi connectivity index (χ0n) is 8.98. The largest absolute Gasteiger partial charge is 0.0622 e. The van der Waals surface area contributed by atoms with E-state index in [-0.39, 0.29) is 0 Å². The van der Waals surface area contributed by atoms with Crippen molar-refractivity contribution in [1.29, 1.82) is 0 Å². The fraction of sp³-hybridized carbons (Fsp3) is 1.00. The molecule has 0 aromatic heterocycles. The van der Waals surface area contributed by atoms with Gasteiger partial charge in [0.15, 0.2) is 0 Å². The third-order valence-corrected chi connectivity index (χ3v) is 5.00. The van der Waals surface area contributed by atoms with Gasteiger partial charge in [-0.15, -0.1) is 0 Å². The smallest absolute Gasteiger partial charge is 0.0274 e. The molecule has 70 valence electrons. The summed E-state index contributed by atoms with van der Waals surface area (Å²) in [6, 6.07) is 0. The van der Waals surface area contributed by atoms with Gasteiger partial charge in [0.1, 0.15) is 0 Å². The molecule has 2 bridgehead atoms. The van der Waals surface area contributed by atoms with Crippen LogP contribution in [0, 0.1) is 22.7 Å². The predicted molar refractivity (Wildman–Crippen MR) is 53.0 cm³/mol. The van der Waals surface area contributed by atoms with Crippen LogP contribution < -0.4 is 0 Å². The summed E-state index contributed by atoms with van der Waals surface area (Å²) in [5.41, 5.74) is 1.44. The number of hydrogen-bond acceptors (Lipinski definition) is 0. The molecule has 0 aromatic rings. The van der Waals surface area contributed by atoms with Crippen LogP contribution in [0.25, 0.3) is 0 Å². The summed E-state index contributed by atoms with van der Waals surface area (Å²) in [6.07, 6.45) is 5.99. The monoisotopic (exact) mass is 166 g/mol. The van der Waals surface area contributed by atoms with E-state index >= 15 is 0 Å². The fourth-order valence-electron chi connectivity index (χ4n) is 3.34. The molecule has 12 heavy (non-hydrogen) atoms. The zero-order valence-corrected chi connectivity index (χ0v) is 8.98. The molecular weight excluding hydrogens is 144 g/mol. The number of fused-ring (bicyclic) bond motifs is 2. The van der Waals surface area contributed by atoms with Gasteiger partial charge in [-0.05, 0) is 48.3 Å². The molecule has 3 aliphatic rings. The van der Waals surface area contributed by atoms with Gasteiger partial charge in [-0.3, -0.25) is 0 Å². The van der Waals surface area contributed by atoms with Gasteiger partial charge in [-0.1, -0.05) is 27.7 Å². The Labute approximate surface area is 76.7 Å². The van der Waals surface area contributed by atoms with Crippen LogP contribution in [-0.4, -0.2) is 0 Å². The van der Waals surface area contributed by atoms with Gasteiger partial charge in [0.05, 0.1) is 0 Å². The summed E-state index contributed by atoms with van der Waals surface area (Å²) in [7, 11) is 0. The van der Waals surface area contributed by atoms with Crippen molar-refractivity contribution >= 4 is 0 Å². The summed E-state index contributed by atoms with van der Waals surface area (Å²) >= 11 is 0. The Hall–Kier alpha value is 0. The van der Waals surface area contributed by atoms with Gasteiger partial charge >= 0.3 is 0 Å². The Balaban J connectivity index is 2.12. The van der Waals surface area contributed by atoms with Crippen molar-refractivity contribution in [3.05, 3.63) is 0 Å². The molecule has 0 aromatic carbocycles. The molecular formula is C12H22. The van der Waals surface area contributed by atoms with Crippen molar-refractivity contribution < 1.29 is 0 Å². The van der Waals surface area contributed by atoms with Crippen LogP contribution >= 0.6 is 0 Å². The Morgan fingerprint density at radius 1 is 1.08 bits per heavy atom. The maximum Gasteiger partial charge on any atom is -0.0274 e. The van der Waals surface area contributed by atoms with E-state index in [0.717, 1.165) is 17.3 Å². The molecule has 0 nitrogen and oxygen atoms in total. The first-order valence-electron chi connectivity index (χ1n) is 5.46. The van der Waals surface area contributed by atoms with Crippen LogP contribution in [0.15, 0.2) is 0 Å². The fourth-order valence-corrected chi connectivity index (χ4v) is 3.34. The summed E-state index contributed by atoms with van der Waals surface area (Å²) < 4.78 is 0. The van der Waals surface area contributed by atoms with E-state index in [1.54, 1.807) is 0 Å². The molecule has 0 aliphatic heterocycles. The average molecular weight is 166 g/mol. The third-order valence-electron chi connectivity index (χ3n) is 5.00. The maximum absolute atomic E-state index is 2.51. The van der Waals surface area contributed by atoms with Crippen molar-refractivity contribution in [2.75, 3.05) is 0 Å². The molecule has 0 saturated heterocycles. The van der Waals surface area contributed by atoms with Gasteiger partial charge in [0.25, 0.3) is 0 Å². The van der Waals surface area contributed by atoms with E-state index in [9.17, 15) is 0 Å². The molecule has 3 aliphatic carbocycles. The minimum Gasteiger partial charge on any atom is -0.0622 e. The van der Waals surface area contributed by atoms with E-state index in [2.05, 4.69) is 27.7 Å². The van der Waals surface area contributed by atoms with E-state index in [4.69, 9.17) is 0 Å². The Morgan fingerprint density at radius 3 is 2.00 bits per heavy atom. The van der Waals surface area contributed by atoms with Crippen LogP contribution in [-0.2, 0) is 0 Å². The SMILES string of the molecule is CC(C)C1(C)CCC2(C)CC1C2. The Bertz CT molecular complexity index is 181. The van der Waals surface area contributed by atoms with Crippen molar-refractivity contribution in [1.82, 2.24) is 0 Å². The lowest BCUT2D eigenvalue weighted by atomic mass is 9.44. The van der Waals surface area contributed by atoms with Crippen molar-refractivity contribution in [2.45, 2.75) is 53.4 Å². The highest BCUT2D eigenvalue weighted by Crippen LogP contribution is 2.64. The second kappa shape index (κ2) is 2.27. The van der Waals surface area contributed by atoms with Gasteiger partial charge in [0, 0.05) is 0 Å². The van der Waals surface area contributed by atoms with Gasteiger partial charge in [-0.25, -0.2) is 0 Å². The van der Waals surface area contributed by atoms with Crippen molar-refractivity contribution in [3.63, 3.8) is 0 Å². The minimum absolute atomic E-state index is 0.678. The van der Waals surface area contributed by atoms with Crippen LogP contribution in [0.3, 0.4) is 0 Å². The molecule has 3 fully saturated rings. The molecule has 0 heteroatoms. The summed E-state index contributed by atoms with van der Waals surface area (Å²) in [4.78, 5) is 0. The Morgan fingerprint density at radius 2 is 1.67 bits per heavy atom. The van der Waals surface area contributed by atoms with Gasteiger partial charge in [0.2, 0.25) is 0 Å². The summed E-state index contributed by atoms with van der Waals surface area (Å²) in [5, 5.41) is 0. The lowest BCUT2D eigenvalue weighted by Gasteiger charge is -2.61. The quantitative estimate of drug-likeness (QED) is 0.555. The number of rotatable bonds is 1. The second-order valence-corrected chi connectivity index (χ2v) is 6.08. The summed E-state index contributed by atoms with van der Waals surface area (Å²) in [5.74, 6) is 1.93. The maximum atomic E-state index is 2.51. The normalized spacial score (nSPS) is 52.2. The third kappa shape index (κ3) is 0.963. The average Bonchev–Trinajstić information content (AvgIpc) is 1.92. The predicted octanol–water partition coefficient (Wildman–Crippen LogP) is 3.86. The first kappa shape index (κ1) is 8.59. The molecule has 0 amide bonds. The second-order valence-electron chi connectivity index (χ2n) is 6.08. The van der Waals surface area contributed by atoms with Crippen LogP contribution in [0.1, 0.15) is 53.4 Å². The molecule has 1 atom stereocenters. The first-order valence-corrected chi connectivity index (χ1v) is 5.46. The van der Waals surface area contributed by atoms with Gasteiger partial charge < -0.3 is 0 Å². The van der Waals surface area contributed by atoms with E-state index < -0.39 is 0 Å².